The second kappa shape index (κ2) is 15.6. The fraction of sp³-hybridized carbons (Fsp3) is 0.600. The standard InChI is InChI=1S/C13H19NO4.C6H11NO.CH4O/c1-9-7-11(16-2)12(8-10(9)14)18-6-4-5-13(15)17-3;8-6-7-4-2-1-3-5-7;1-2/h7-8H,4-6,14H2,1-3H3;6H,1-5H2;2H,1H3. The smallest absolute Gasteiger partial charge is 0.305 e. The van der Waals surface area contributed by atoms with Crippen LogP contribution in [0.2, 0.25) is 0 Å². The Balaban J connectivity index is 0.000000604. The molecule has 0 spiro atoms. The summed E-state index contributed by atoms with van der Waals surface area (Å²) in [5.74, 6) is 0.985. The number of aliphatic hydroxyl groups excluding tert-OH is 1. The molecule has 1 amide bonds. The number of hydrogen-bond donors (Lipinski definition) is 2. The normalized spacial score (nSPS) is 12.5. The van der Waals surface area contributed by atoms with Crippen LogP contribution in [0.5, 0.6) is 11.5 Å². The van der Waals surface area contributed by atoms with E-state index in [1.807, 2.05) is 17.9 Å². The van der Waals surface area contributed by atoms with Gasteiger partial charge in [0.2, 0.25) is 6.41 Å². The number of ether oxygens (including phenoxy) is 3. The summed E-state index contributed by atoms with van der Waals surface area (Å²) in [7, 11) is 3.94. The summed E-state index contributed by atoms with van der Waals surface area (Å²) in [5.41, 5.74) is 7.40. The Morgan fingerprint density at radius 2 is 1.82 bits per heavy atom. The van der Waals surface area contributed by atoms with Crippen LogP contribution in [0.25, 0.3) is 0 Å². The van der Waals surface area contributed by atoms with Gasteiger partial charge in [-0.15, -0.1) is 0 Å². The van der Waals surface area contributed by atoms with Crippen molar-refractivity contribution in [3.63, 3.8) is 0 Å². The third kappa shape index (κ3) is 10.0. The van der Waals surface area contributed by atoms with Crippen LogP contribution in [0.15, 0.2) is 12.1 Å². The van der Waals surface area contributed by atoms with Gasteiger partial charge in [0.15, 0.2) is 11.5 Å². The van der Waals surface area contributed by atoms with Crippen LogP contribution in [0, 0.1) is 6.92 Å². The highest BCUT2D eigenvalue weighted by atomic mass is 16.5. The largest absolute Gasteiger partial charge is 0.493 e. The van der Waals surface area contributed by atoms with E-state index in [1.54, 1.807) is 13.2 Å². The number of piperidine rings is 1. The molecule has 1 fully saturated rings. The van der Waals surface area contributed by atoms with E-state index in [-0.39, 0.29) is 5.97 Å². The number of nitrogens with zero attached hydrogens (tertiary/aromatic N) is 1. The van der Waals surface area contributed by atoms with Crippen LogP contribution in [0.4, 0.5) is 5.69 Å². The molecule has 160 valence electrons. The molecule has 1 aromatic carbocycles. The predicted octanol–water partition coefficient (Wildman–Crippen LogP) is 2.16. The molecule has 3 N–H and O–H groups in total. The maximum absolute atomic E-state index is 10.9. The summed E-state index contributed by atoms with van der Waals surface area (Å²) in [4.78, 5) is 22.8. The number of esters is 1. The molecule has 1 aliphatic heterocycles. The Labute approximate surface area is 167 Å². The van der Waals surface area contributed by atoms with Crippen molar-refractivity contribution in [1.82, 2.24) is 4.90 Å². The Kier molecular flexibility index (Phi) is 14.2. The minimum absolute atomic E-state index is 0.242. The van der Waals surface area contributed by atoms with E-state index in [4.69, 9.17) is 20.3 Å². The van der Waals surface area contributed by atoms with Crippen molar-refractivity contribution in [3.05, 3.63) is 17.7 Å². The van der Waals surface area contributed by atoms with E-state index in [0.717, 1.165) is 32.2 Å². The molecule has 0 aliphatic carbocycles. The molecule has 8 nitrogen and oxygen atoms in total. The maximum Gasteiger partial charge on any atom is 0.305 e. The molecule has 0 atom stereocenters. The lowest BCUT2D eigenvalue weighted by atomic mass is 10.1. The minimum Gasteiger partial charge on any atom is -0.493 e. The van der Waals surface area contributed by atoms with Gasteiger partial charge in [-0.1, -0.05) is 0 Å². The Bertz CT molecular complexity index is 574. The first kappa shape index (κ1) is 25.5. The number of anilines is 1. The number of rotatable bonds is 7. The van der Waals surface area contributed by atoms with Crippen molar-refractivity contribution >= 4 is 18.1 Å². The number of nitrogen functional groups attached to an aromatic ring is 1. The highest BCUT2D eigenvalue weighted by molar-refractivity contribution is 5.69. The van der Waals surface area contributed by atoms with Gasteiger partial charge in [0, 0.05) is 38.4 Å². The molecule has 0 unspecified atom stereocenters. The van der Waals surface area contributed by atoms with Crippen LogP contribution in [0.1, 0.15) is 37.7 Å². The molecule has 28 heavy (non-hydrogen) atoms. The second-order valence-corrected chi connectivity index (χ2v) is 6.09. The lowest BCUT2D eigenvalue weighted by Gasteiger charge is -2.21. The van der Waals surface area contributed by atoms with Gasteiger partial charge >= 0.3 is 5.97 Å². The average Bonchev–Trinajstić information content (AvgIpc) is 2.75. The number of amides is 1. The van der Waals surface area contributed by atoms with Crippen LogP contribution >= 0.6 is 0 Å². The van der Waals surface area contributed by atoms with Gasteiger partial charge in [0.05, 0.1) is 20.8 Å². The molecule has 1 aromatic rings. The molecular formula is C20H34N2O6. The van der Waals surface area contributed by atoms with Crippen molar-refractivity contribution in [1.29, 1.82) is 0 Å². The van der Waals surface area contributed by atoms with Gasteiger partial charge < -0.3 is 30.0 Å². The van der Waals surface area contributed by atoms with Gasteiger partial charge in [0.25, 0.3) is 0 Å². The van der Waals surface area contributed by atoms with E-state index < -0.39 is 0 Å². The van der Waals surface area contributed by atoms with E-state index >= 15 is 0 Å². The molecule has 2 rings (SSSR count). The van der Waals surface area contributed by atoms with Gasteiger partial charge in [-0.05, 0) is 44.2 Å². The molecular weight excluding hydrogens is 364 g/mol. The molecule has 1 heterocycles. The first-order valence-corrected chi connectivity index (χ1v) is 9.29. The number of benzene rings is 1. The number of carbonyl (C=O) groups excluding carboxylic acids is 2. The van der Waals surface area contributed by atoms with Crippen LogP contribution in [-0.2, 0) is 14.3 Å². The number of hydrogen-bond acceptors (Lipinski definition) is 7. The number of aliphatic hydroxyl groups is 1. The van der Waals surface area contributed by atoms with Gasteiger partial charge in [0.1, 0.15) is 0 Å². The van der Waals surface area contributed by atoms with Crippen molar-refractivity contribution in [3.8, 4) is 11.5 Å². The van der Waals surface area contributed by atoms with Crippen molar-refractivity contribution < 1.29 is 28.9 Å². The zero-order valence-electron chi connectivity index (χ0n) is 17.4. The first-order chi connectivity index (χ1) is 13.5. The summed E-state index contributed by atoms with van der Waals surface area (Å²) >= 11 is 0. The first-order valence-electron chi connectivity index (χ1n) is 9.29. The molecule has 1 aliphatic rings. The van der Waals surface area contributed by atoms with Crippen LogP contribution < -0.4 is 15.2 Å². The summed E-state index contributed by atoms with van der Waals surface area (Å²) in [5, 5.41) is 7.00. The van der Waals surface area contributed by atoms with E-state index in [9.17, 15) is 9.59 Å². The average molecular weight is 399 g/mol. The Hall–Kier alpha value is -2.48. The summed E-state index contributed by atoms with van der Waals surface area (Å²) in [6.07, 6.45) is 5.55. The fourth-order valence-electron chi connectivity index (χ4n) is 2.47. The number of nitrogens with two attached hydrogens (primary N) is 1. The molecule has 0 radical (unpaired) electrons. The van der Waals surface area contributed by atoms with E-state index in [2.05, 4.69) is 4.74 Å². The van der Waals surface area contributed by atoms with Crippen LogP contribution in [-0.4, -0.2) is 63.4 Å². The number of carbonyl (C=O) groups is 2. The highest BCUT2D eigenvalue weighted by Crippen LogP contribution is 2.31. The summed E-state index contributed by atoms with van der Waals surface area (Å²) in [6.45, 7) is 4.26. The quantitative estimate of drug-likeness (QED) is 0.313. The fourth-order valence-corrected chi connectivity index (χ4v) is 2.47. The molecule has 0 bridgehead atoms. The third-order valence-corrected chi connectivity index (χ3v) is 4.10. The lowest BCUT2D eigenvalue weighted by molar-refractivity contribution is -0.140. The number of methoxy groups -OCH3 is 2. The van der Waals surface area contributed by atoms with Crippen molar-refractivity contribution in [2.24, 2.45) is 0 Å². The van der Waals surface area contributed by atoms with E-state index in [1.165, 1.54) is 26.4 Å². The second-order valence-electron chi connectivity index (χ2n) is 6.09. The maximum atomic E-state index is 10.9. The monoisotopic (exact) mass is 398 g/mol. The van der Waals surface area contributed by atoms with Gasteiger partial charge in [-0.2, -0.15) is 0 Å². The topological polar surface area (TPSA) is 111 Å². The number of likely N-dealkylation sites (tertiary alicyclic amines) is 1. The predicted molar refractivity (Wildman–Crippen MR) is 109 cm³/mol. The zero-order chi connectivity index (χ0) is 21.4. The Morgan fingerprint density at radius 3 is 2.32 bits per heavy atom. The van der Waals surface area contributed by atoms with Crippen LogP contribution in [0.3, 0.4) is 0 Å². The minimum atomic E-state index is -0.242. The molecule has 0 saturated carbocycles. The lowest BCUT2D eigenvalue weighted by Crippen LogP contribution is -2.27. The summed E-state index contributed by atoms with van der Waals surface area (Å²) < 4.78 is 15.3. The number of aryl methyl sites for hydroxylation is 1. The van der Waals surface area contributed by atoms with Crippen molar-refractivity contribution in [2.75, 3.05) is 46.8 Å². The van der Waals surface area contributed by atoms with Crippen molar-refractivity contribution in [2.45, 2.75) is 39.0 Å². The van der Waals surface area contributed by atoms with Gasteiger partial charge in [-0.3, -0.25) is 9.59 Å². The summed E-state index contributed by atoms with van der Waals surface area (Å²) in [6, 6.07) is 3.55. The molecule has 8 heteroatoms. The van der Waals surface area contributed by atoms with E-state index in [0.29, 0.717) is 36.6 Å². The third-order valence-electron chi connectivity index (χ3n) is 4.10. The SMILES string of the molecule is CO.COC(=O)CCCOc1cc(N)c(C)cc1OC.O=CN1CCCCC1. The Morgan fingerprint density at radius 1 is 1.18 bits per heavy atom. The molecule has 1 saturated heterocycles. The molecule has 0 aromatic heterocycles. The highest BCUT2D eigenvalue weighted by Gasteiger charge is 2.08. The van der Waals surface area contributed by atoms with Gasteiger partial charge in [-0.25, -0.2) is 0 Å². The zero-order valence-corrected chi connectivity index (χ0v) is 17.4.